The third-order valence-electron chi connectivity index (χ3n) is 3.22. The highest BCUT2D eigenvalue weighted by Gasteiger charge is 2.13. The topological polar surface area (TPSA) is 15.3 Å². The molecule has 0 aliphatic carbocycles. The Kier molecular flexibility index (Phi) is 3.96. The van der Waals surface area contributed by atoms with Gasteiger partial charge >= 0.3 is 0 Å². The minimum atomic E-state index is 1.11. The van der Waals surface area contributed by atoms with Crippen molar-refractivity contribution >= 4 is 23.5 Å². The maximum absolute atomic E-state index is 3.40. The van der Waals surface area contributed by atoms with Crippen LogP contribution in [0.4, 0.5) is 0 Å². The lowest BCUT2D eigenvalue weighted by molar-refractivity contribution is 0.233. The molecule has 17 heavy (non-hydrogen) atoms. The number of rotatable bonds is 2. The Labute approximate surface area is 112 Å². The van der Waals surface area contributed by atoms with Crippen molar-refractivity contribution < 1.29 is 0 Å². The number of thioether (sulfide) groups is 2. The molecule has 0 spiro atoms. The first kappa shape index (κ1) is 11.9. The summed E-state index contributed by atoms with van der Waals surface area (Å²) < 4.78 is 0. The summed E-state index contributed by atoms with van der Waals surface area (Å²) in [5, 5.41) is 3.40. The fourth-order valence-corrected chi connectivity index (χ4v) is 4.58. The summed E-state index contributed by atoms with van der Waals surface area (Å²) in [6, 6.07) is 7.01. The van der Waals surface area contributed by atoms with Crippen molar-refractivity contribution in [3.8, 4) is 0 Å². The monoisotopic (exact) mass is 266 g/mol. The highest BCUT2D eigenvalue weighted by molar-refractivity contribution is 8.05. The summed E-state index contributed by atoms with van der Waals surface area (Å²) in [6.07, 6.45) is 0. The van der Waals surface area contributed by atoms with Crippen LogP contribution in [-0.2, 0) is 6.54 Å². The molecule has 3 rings (SSSR count). The maximum atomic E-state index is 3.40. The largest absolute Gasteiger partial charge is 0.314 e. The van der Waals surface area contributed by atoms with Crippen LogP contribution in [0.15, 0.2) is 28.0 Å². The Morgan fingerprint density at radius 3 is 2.65 bits per heavy atom. The van der Waals surface area contributed by atoms with Gasteiger partial charge in [0.25, 0.3) is 0 Å². The van der Waals surface area contributed by atoms with E-state index in [4.69, 9.17) is 0 Å². The molecule has 2 aliphatic rings. The van der Waals surface area contributed by atoms with Crippen LogP contribution in [0.25, 0.3) is 0 Å². The van der Waals surface area contributed by atoms with E-state index in [0.717, 1.165) is 19.6 Å². The zero-order chi connectivity index (χ0) is 11.5. The SMILES string of the molecule is c1cc2c(cc1CN1CCNCC1)SCCS2. The Hall–Kier alpha value is -0.160. The van der Waals surface area contributed by atoms with Crippen molar-refractivity contribution in [1.82, 2.24) is 10.2 Å². The number of hydrogen-bond acceptors (Lipinski definition) is 4. The number of nitrogens with zero attached hydrogens (tertiary/aromatic N) is 1. The first-order valence-corrected chi connectivity index (χ1v) is 8.20. The van der Waals surface area contributed by atoms with Gasteiger partial charge < -0.3 is 5.32 Å². The van der Waals surface area contributed by atoms with Gasteiger partial charge in [-0.3, -0.25) is 4.90 Å². The molecule has 0 radical (unpaired) electrons. The Bertz CT molecular complexity index is 389. The van der Waals surface area contributed by atoms with Crippen LogP contribution < -0.4 is 5.32 Å². The molecule has 0 amide bonds. The molecule has 2 heterocycles. The van der Waals surface area contributed by atoms with E-state index < -0.39 is 0 Å². The average Bonchev–Trinajstić information content (AvgIpc) is 2.40. The lowest BCUT2D eigenvalue weighted by atomic mass is 10.2. The smallest absolute Gasteiger partial charge is 0.0235 e. The highest BCUT2D eigenvalue weighted by Crippen LogP contribution is 2.37. The van der Waals surface area contributed by atoms with E-state index in [0.29, 0.717) is 0 Å². The maximum Gasteiger partial charge on any atom is 0.0235 e. The third-order valence-corrected chi connectivity index (χ3v) is 5.74. The standard InChI is InChI=1S/C13H18N2S2/c1-2-12-13(17-8-7-16-12)9-11(1)10-15-5-3-14-4-6-15/h1-2,9,14H,3-8,10H2. The average molecular weight is 266 g/mol. The molecule has 1 saturated heterocycles. The molecular weight excluding hydrogens is 248 g/mol. The summed E-state index contributed by atoms with van der Waals surface area (Å²) in [5.74, 6) is 2.52. The molecule has 1 aromatic rings. The minimum Gasteiger partial charge on any atom is -0.314 e. The molecular formula is C13H18N2S2. The van der Waals surface area contributed by atoms with Gasteiger partial charge in [-0.25, -0.2) is 0 Å². The van der Waals surface area contributed by atoms with Gasteiger partial charge in [0.2, 0.25) is 0 Å². The Balaban J connectivity index is 1.70. The molecule has 0 bridgehead atoms. The van der Waals surface area contributed by atoms with E-state index >= 15 is 0 Å². The number of hydrogen-bond donors (Lipinski definition) is 1. The second kappa shape index (κ2) is 5.65. The molecule has 0 aromatic heterocycles. The number of nitrogens with one attached hydrogen (secondary N) is 1. The summed E-state index contributed by atoms with van der Waals surface area (Å²) in [7, 11) is 0. The zero-order valence-corrected chi connectivity index (χ0v) is 11.6. The molecule has 1 fully saturated rings. The van der Waals surface area contributed by atoms with Crippen LogP contribution in [0, 0.1) is 0 Å². The summed E-state index contributed by atoms with van der Waals surface area (Å²) >= 11 is 4.01. The van der Waals surface area contributed by atoms with Gasteiger partial charge in [-0.05, 0) is 17.7 Å². The lowest BCUT2D eigenvalue weighted by Crippen LogP contribution is -2.42. The van der Waals surface area contributed by atoms with Crippen molar-refractivity contribution in [2.24, 2.45) is 0 Å². The molecule has 92 valence electrons. The van der Waals surface area contributed by atoms with E-state index in [-0.39, 0.29) is 0 Å². The Morgan fingerprint density at radius 1 is 1.06 bits per heavy atom. The number of benzene rings is 1. The van der Waals surface area contributed by atoms with Crippen LogP contribution in [0.5, 0.6) is 0 Å². The van der Waals surface area contributed by atoms with E-state index in [1.165, 1.54) is 39.9 Å². The molecule has 1 N–H and O–H groups in total. The molecule has 0 unspecified atom stereocenters. The summed E-state index contributed by atoms with van der Waals surface area (Å²) in [5.41, 5.74) is 1.47. The number of piperazine rings is 1. The van der Waals surface area contributed by atoms with E-state index in [1.807, 2.05) is 23.5 Å². The van der Waals surface area contributed by atoms with Crippen molar-refractivity contribution in [1.29, 1.82) is 0 Å². The van der Waals surface area contributed by atoms with Crippen molar-refractivity contribution in [2.75, 3.05) is 37.7 Å². The van der Waals surface area contributed by atoms with Gasteiger partial charge in [-0.1, -0.05) is 6.07 Å². The summed E-state index contributed by atoms with van der Waals surface area (Å²) in [4.78, 5) is 5.51. The first-order chi connectivity index (χ1) is 8.42. The first-order valence-electron chi connectivity index (χ1n) is 6.23. The van der Waals surface area contributed by atoms with Crippen molar-refractivity contribution in [3.05, 3.63) is 23.8 Å². The van der Waals surface area contributed by atoms with E-state index in [2.05, 4.69) is 28.4 Å². The quantitative estimate of drug-likeness (QED) is 0.883. The van der Waals surface area contributed by atoms with Crippen LogP contribution in [0.1, 0.15) is 5.56 Å². The van der Waals surface area contributed by atoms with Crippen LogP contribution in [0.3, 0.4) is 0 Å². The predicted octanol–water partition coefficient (Wildman–Crippen LogP) is 2.29. The molecule has 2 nitrogen and oxygen atoms in total. The number of fused-ring (bicyclic) bond motifs is 1. The van der Waals surface area contributed by atoms with Gasteiger partial charge in [0.1, 0.15) is 0 Å². The predicted molar refractivity (Wildman–Crippen MR) is 76.0 cm³/mol. The lowest BCUT2D eigenvalue weighted by Gasteiger charge is -2.27. The van der Waals surface area contributed by atoms with Crippen LogP contribution in [0.2, 0.25) is 0 Å². The molecule has 1 aromatic carbocycles. The fraction of sp³-hybridized carbons (Fsp3) is 0.538. The van der Waals surface area contributed by atoms with E-state index in [1.54, 1.807) is 0 Å². The molecule has 0 atom stereocenters. The third kappa shape index (κ3) is 2.99. The van der Waals surface area contributed by atoms with Gasteiger partial charge in [-0.2, -0.15) is 0 Å². The zero-order valence-electron chi connectivity index (χ0n) is 9.95. The second-order valence-electron chi connectivity index (χ2n) is 4.50. The van der Waals surface area contributed by atoms with Gasteiger partial charge in [-0.15, -0.1) is 23.5 Å². The highest BCUT2D eigenvalue weighted by atomic mass is 32.2. The molecule has 0 saturated carbocycles. The van der Waals surface area contributed by atoms with E-state index in [9.17, 15) is 0 Å². The van der Waals surface area contributed by atoms with Crippen molar-refractivity contribution in [2.45, 2.75) is 16.3 Å². The van der Waals surface area contributed by atoms with Gasteiger partial charge in [0.05, 0.1) is 0 Å². The fourth-order valence-electron chi connectivity index (χ4n) is 2.31. The second-order valence-corrected chi connectivity index (χ2v) is 6.78. The van der Waals surface area contributed by atoms with Crippen LogP contribution >= 0.6 is 23.5 Å². The summed E-state index contributed by atoms with van der Waals surface area (Å²) in [6.45, 7) is 5.74. The van der Waals surface area contributed by atoms with Gasteiger partial charge in [0, 0.05) is 54.0 Å². The Morgan fingerprint density at radius 2 is 1.82 bits per heavy atom. The normalized spacial score (nSPS) is 21.2. The minimum absolute atomic E-state index is 1.11. The van der Waals surface area contributed by atoms with Crippen LogP contribution in [-0.4, -0.2) is 42.6 Å². The molecule has 4 heteroatoms. The molecule has 2 aliphatic heterocycles. The van der Waals surface area contributed by atoms with Gasteiger partial charge in [0.15, 0.2) is 0 Å². The van der Waals surface area contributed by atoms with Crippen molar-refractivity contribution in [3.63, 3.8) is 0 Å².